The van der Waals surface area contributed by atoms with Crippen molar-refractivity contribution in [2.24, 2.45) is 4.99 Å². The highest BCUT2D eigenvalue weighted by Crippen LogP contribution is 2.38. The average molecular weight is 427 g/mol. The molecule has 25 heavy (non-hydrogen) atoms. The highest BCUT2D eigenvalue weighted by atomic mass is 79.9. The van der Waals surface area contributed by atoms with Gasteiger partial charge in [0.2, 0.25) is 0 Å². The molecule has 1 heterocycles. The summed E-state index contributed by atoms with van der Waals surface area (Å²) in [4.78, 5) is 19.3. The molecular formula is C18H23BrN2O3S. The van der Waals surface area contributed by atoms with Crippen LogP contribution in [-0.2, 0) is 4.79 Å². The van der Waals surface area contributed by atoms with Gasteiger partial charge in [0.25, 0.3) is 5.91 Å². The van der Waals surface area contributed by atoms with Crippen LogP contribution in [0.5, 0.6) is 11.5 Å². The van der Waals surface area contributed by atoms with E-state index < -0.39 is 0 Å². The first-order valence-electron chi connectivity index (χ1n) is 8.21. The molecule has 2 rings (SSSR count). The molecule has 1 aromatic carbocycles. The van der Waals surface area contributed by atoms with E-state index in [4.69, 9.17) is 9.47 Å². The lowest BCUT2D eigenvalue weighted by Crippen LogP contribution is -2.28. The number of amidine groups is 1. The molecule has 1 fully saturated rings. The van der Waals surface area contributed by atoms with E-state index in [1.165, 1.54) is 11.8 Å². The zero-order valence-corrected chi connectivity index (χ0v) is 17.5. The largest absolute Gasteiger partial charge is 0.493 e. The van der Waals surface area contributed by atoms with Crippen LogP contribution in [0.25, 0.3) is 6.08 Å². The summed E-state index contributed by atoms with van der Waals surface area (Å²) >= 11 is 4.96. The van der Waals surface area contributed by atoms with Gasteiger partial charge in [-0.1, -0.05) is 15.9 Å². The Hall–Kier alpha value is -1.47. The summed E-state index contributed by atoms with van der Waals surface area (Å²) in [7, 11) is 1.60. The van der Waals surface area contributed by atoms with Crippen LogP contribution in [0.15, 0.2) is 26.5 Å². The van der Waals surface area contributed by atoms with Gasteiger partial charge in [0.1, 0.15) is 0 Å². The SMILES string of the molecule is CCN=C1S/C(=C\c2cc(OC)c(OC(C)C)cc2Br)C(=O)N1CC. The fraction of sp³-hybridized carbons (Fsp3) is 0.444. The van der Waals surface area contributed by atoms with Gasteiger partial charge in [-0.25, -0.2) is 0 Å². The topological polar surface area (TPSA) is 51.1 Å². The minimum atomic E-state index is -0.0203. The van der Waals surface area contributed by atoms with E-state index in [0.29, 0.717) is 29.5 Å². The predicted molar refractivity (Wildman–Crippen MR) is 107 cm³/mol. The molecule has 1 amide bonds. The Bertz CT molecular complexity index is 717. The third-order valence-electron chi connectivity index (χ3n) is 3.43. The summed E-state index contributed by atoms with van der Waals surface area (Å²) in [5.74, 6) is 1.28. The lowest BCUT2D eigenvalue weighted by molar-refractivity contribution is -0.122. The van der Waals surface area contributed by atoms with Crippen LogP contribution >= 0.6 is 27.7 Å². The molecule has 1 aliphatic heterocycles. The Morgan fingerprint density at radius 2 is 2.04 bits per heavy atom. The number of thioether (sulfide) groups is 1. The number of carbonyl (C=O) groups is 1. The maximum absolute atomic E-state index is 12.6. The van der Waals surface area contributed by atoms with Crippen molar-refractivity contribution < 1.29 is 14.3 Å². The summed E-state index contributed by atoms with van der Waals surface area (Å²) in [6, 6.07) is 3.74. The lowest BCUT2D eigenvalue weighted by atomic mass is 10.1. The highest BCUT2D eigenvalue weighted by molar-refractivity contribution is 9.10. The van der Waals surface area contributed by atoms with E-state index in [9.17, 15) is 4.79 Å². The van der Waals surface area contributed by atoms with Crippen molar-refractivity contribution in [2.45, 2.75) is 33.8 Å². The molecule has 0 radical (unpaired) electrons. The Labute approximate surface area is 161 Å². The summed E-state index contributed by atoms with van der Waals surface area (Å²) in [5.41, 5.74) is 0.859. The smallest absolute Gasteiger partial charge is 0.266 e. The molecule has 0 aromatic heterocycles. The number of likely N-dealkylation sites (N-methyl/N-ethyl adjacent to an activating group) is 1. The molecule has 0 bridgehead atoms. The molecule has 136 valence electrons. The minimum Gasteiger partial charge on any atom is -0.493 e. The lowest BCUT2D eigenvalue weighted by Gasteiger charge is -2.15. The molecule has 0 saturated carbocycles. The number of methoxy groups -OCH3 is 1. The number of carbonyl (C=O) groups excluding carboxylic acids is 1. The number of benzene rings is 1. The predicted octanol–water partition coefficient (Wildman–Crippen LogP) is 4.56. The van der Waals surface area contributed by atoms with Crippen LogP contribution in [0.1, 0.15) is 33.3 Å². The monoisotopic (exact) mass is 426 g/mol. The fourth-order valence-electron chi connectivity index (χ4n) is 2.35. The summed E-state index contributed by atoms with van der Waals surface area (Å²) in [5, 5.41) is 0.754. The van der Waals surface area contributed by atoms with Gasteiger partial charge in [-0.05, 0) is 63.2 Å². The maximum Gasteiger partial charge on any atom is 0.266 e. The van der Waals surface area contributed by atoms with Crippen molar-refractivity contribution in [3.63, 3.8) is 0 Å². The van der Waals surface area contributed by atoms with Gasteiger partial charge in [0.05, 0.1) is 18.1 Å². The molecule has 0 spiro atoms. The van der Waals surface area contributed by atoms with Crippen LogP contribution in [0.3, 0.4) is 0 Å². The van der Waals surface area contributed by atoms with E-state index in [1.807, 2.05) is 45.9 Å². The Kier molecular flexibility index (Phi) is 6.95. The van der Waals surface area contributed by atoms with Crippen molar-refractivity contribution in [1.82, 2.24) is 4.90 Å². The second kappa shape index (κ2) is 8.76. The first kappa shape index (κ1) is 19.8. The molecule has 5 nitrogen and oxygen atoms in total. The van der Waals surface area contributed by atoms with Gasteiger partial charge in [-0.15, -0.1) is 0 Å². The number of rotatable bonds is 6. The molecule has 0 atom stereocenters. The molecular weight excluding hydrogens is 404 g/mol. The molecule has 1 saturated heterocycles. The molecule has 0 N–H and O–H groups in total. The second-order valence-electron chi connectivity index (χ2n) is 5.61. The average Bonchev–Trinajstić information content (AvgIpc) is 2.84. The maximum atomic E-state index is 12.6. The third-order valence-corrected chi connectivity index (χ3v) is 5.16. The van der Waals surface area contributed by atoms with Crippen molar-refractivity contribution in [3.05, 3.63) is 27.1 Å². The van der Waals surface area contributed by atoms with Crippen LogP contribution in [-0.4, -0.2) is 42.3 Å². The summed E-state index contributed by atoms with van der Waals surface area (Å²) in [6.07, 6.45) is 1.91. The minimum absolute atomic E-state index is 0.0203. The Balaban J connectivity index is 2.40. The van der Waals surface area contributed by atoms with Crippen molar-refractivity contribution in [1.29, 1.82) is 0 Å². The summed E-state index contributed by atoms with van der Waals surface area (Å²) < 4.78 is 12.0. The first-order chi connectivity index (χ1) is 11.9. The Morgan fingerprint density at radius 1 is 1.32 bits per heavy atom. The van der Waals surface area contributed by atoms with Crippen LogP contribution in [0, 0.1) is 0 Å². The van der Waals surface area contributed by atoms with E-state index in [1.54, 1.807) is 12.0 Å². The number of nitrogens with zero attached hydrogens (tertiary/aromatic N) is 2. The third kappa shape index (κ3) is 4.58. The van der Waals surface area contributed by atoms with Gasteiger partial charge in [-0.3, -0.25) is 14.7 Å². The van der Waals surface area contributed by atoms with E-state index in [-0.39, 0.29) is 12.0 Å². The van der Waals surface area contributed by atoms with Crippen molar-refractivity contribution in [2.75, 3.05) is 20.2 Å². The van der Waals surface area contributed by atoms with Gasteiger partial charge in [0.15, 0.2) is 16.7 Å². The highest BCUT2D eigenvalue weighted by Gasteiger charge is 2.32. The molecule has 0 aliphatic carbocycles. The number of hydrogen-bond donors (Lipinski definition) is 0. The standard InChI is InChI=1S/C18H23BrN2O3S/c1-6-20-18-21(7-2)17(22)16(25-18)9-12-8-14(23-5)15(10-13(12)19)24-11(3)4/h8-11H,6-7H2,1-5H3/b16-9-,20-18?. The zero-order valence-electron chi connectivity index (χ0n) is 15.1. The summed E-state index contributed by atoms with van der Waals surface area (Å²) in [6.45, 7) is 9.09. The fourth-order valence-corrected chi connectivity index (χ4v) is 3.88. The Morgan fingerprint density at radius 3 is 2.60 bits per heavy atom. The van der Waals surface area contributed by atoms with Crippen molar-refractivity contribution in [3.8, 4) is 11.5 Å². The number of hydrogen-bond acceptors (Lipinski definition) is 5. The quantitative estimate of drug-likeness (QED) is 0.625. The number of ether oxygens (including phenoxy) is 2. The molecule has 7 heteroatoms. The van der Waals surface area contributed by atoms with Gasteiger partial charge in [0, 0.05) is 17.6 Å². The van der Waals surface area contributed by atoms with Crippen LogP contribution in [0.2, 0.25) is 0 Å². The van der Waals surface area contributed by atoms with Gasteiger partial charge in [-0.2, -0.15) is 0 Å². The van der Waals surface area contributed by atoms with E-state index in [2.05, 4.69) is 20.9 Å². The van der Waals surface area contributed by atoms with E-state index in [0.717, 1.165) is 15.2 Å². The number of amides is 1. The van der Waals surface area contributed by atoms with Crippen LogP contribution in [0.4, 0.5) is 0 Å². The number of halogens is 1. The molecule has 1 aliphatic rings. The molecule has 1 aromatic rings. The van der Waals surface area contributed by atoms with Crippen molar-refractivity contribution >= 4 is 44.8 Å². The zero-order chi connectivity index (χ0) is 18.6. The van der Waals surface area contributed by atoms with Gasteiger partial charge < -0.3 is 9.47 Å². The van der Waals surface area contributed by atoms with Gasteiger partial charge >= 0.3 is 0 Å². The molecule has 0 unspecified atom stereocenters. The normalized spacial score (nSPS) is 17.9. The van der Waals surface area contributed by atoms with Crippen LogP contribution < -0.4 is 9.47 Å². The first-order valence-corrected chi connectivity index (χ1v) is 9.82. The van der Waals surface area contributed by atoms with E-state index >= 15 is 0 Å². The number of aliphatic imine (C=N–C) groups is 1. The second-order valence-corrected chi connectivity index (χ2v) is 7.47.